The average molecular weight is 311 g/mol. The van der Waals surface area contributed by atoms with Crippen molar-refractivity contribution in [1.82, 2.24) is 5.32 Å². The number of hydrogen-bond acceptors (Lipinski definition) is 3. The lowest BCUT2D eigenvalue weighted by Gasteiger charge is -2.26. The van der Waals surface area contributed by atoms with Crippen LogP contribution in [0.3, 0.4) is 0 Å². The Balaban J connectivity index is 1.82. The number of anilines is 1. The van der Waals surface area contributed by atoms with Gasteiger partial charge in [-0.25, -0.2) is 0 Å². The molecule has 1 aliphatic rings. The van der Waals surface area contributed by atoms with Gasteiger partial charge in [-0.1, -0.05) is 11.6 Å². The Bertz CT molecular complexity index is 540. The van der Waals surface area contributed by atoms with Crippen LogP contribution in [0.15, 0.2) is 18.2 Å². The number of nitrogens with two attached hydrogens (primary N) is 1. The first-order valence-corrected chi connectivity index (χ1v) is 7.41. The monoisotopic (exact) mass is 310 g/mol. The van der Waals surface area contributed by atoms with Gasteiger partial charge >= 0.3 is 5.97 Å². The molecule has 1 saturated carbocycles. The molecule has 114 valence electrons. The van der Waals surface area contributed by atoms with Crippen LogP contribution in [-0.4, -0.2) is 23.5 Å². The van der Waals surface area contributed by atoms with E-state index in [2.05, 4.69) is 5.32 Å². The summed E-state index contributed by atoms with van der Waals surface area (Å²) in [5, 5.41) is 12.3. The number of amides is 1. The van der Waals surface area contributed by atoms with Gasteiger partial charge in [-0.2, -0.15) is 0 Å². The summed E-state index contributed by atoms with van der Waals surface area (Å²) in [6.45, 7) is 0.563. The highest BCUT2D eigenvalue weighted by Crippen LogP contribution is 2.28. The van der Waals surface area contributed by atoms with Gasteiger partial charge in [-0.05, 0) is 49.8 Å². The molecule has 6 heteroatoms. The predicted molar refractivity (Wildman–Crippen MR) is 81.3 cm³/mol. The summed E-state index contributed by atoms with van der Waals surface area (Å²) in [5.74, 6) is -0.782. The van der Waals surface area contributed by atoms with E-state index >= 15 is 0 Å². The lowest BCUT2D eigenvalue weighted by atomic mass is 9.82. The molecule has 21 heavy (non-hydrogen) atoms. The molecule has 2 rings (SSSR count). The van der Waals surface area contributed by atoms with Gasteiger partial charge in [0.1, 0.15) is 0 Å². The molecule has 0 unspecified atom stereocenters. The van der Waals surface area contributed by atoms with Crippen molar-refractivity contribution in [3.05, 3.63) is 28.8 Å². The molecule has 0 saturated heterocycles. The molecule has 0 atom stereocenters. The second-order valence-corrected chi connectivity index (χ2v) is 5.91. The van der Waals surface area contributed by atoms with Gasteiger partial charge in [0.15, 0.2) is 0 Å². The Morgan fingerprint density at radius 2 is 1.95 bits per heavy atom. The maximum absolute atomic E-state index is 12.0. The minimum Gasteiger partial charge on any atom is -0.481 e. The molecule has 0 bridgehead atoms. The van der Waals surface area contributed by atoms with Crippen molar-refractivity contribution >= 4 is 29.2 Å². The summed E-state index contributed by atoms with van der Waals surface area (Å²) in [4.78, 5) is 22.9. The van der Waals surface area contributed by atoms with E-state index < -0.39 is 5.97 Å². The number of carbonyl (C=O) groups excluding carboxylic acids is 1. The van der Waals surface area contributed by atoms with Crippen LogP contribution < -0.4 is 11.1 Å². The molecule has 1 aromatic rings. The van der Waals surface area contributed by atoms with Crippen molar-refractivity contribution in [2.75, 3.05) is 12.3 Å². The van der Waals surface area contributed by atoms with E-state index in [1.165, 1.54) is 0 Å². The normalized spacial score (nSPS) is 21.8. The molecule has 4 N–H and O–H groups in total. The van der Waals surface area contributed by atoms with Crippen molar-refractivity contribution in [3.63, 3.8) is 0 Å². The topological polar surface area (TPSA) is 92.4 Å². The zero-order valence-corrected chi connectivity index (χ0v) is 12.4. The quantitative estimate of drug-likeness (QED) is 0.745. The maximum atomic E-state index is 12.0. The summed E-state index contributed by atoms with van der Waals surface area (Å²) in [6.07, 6.45) is 3.04. The number of aliphatic carboxylic acids is 1. The van der Waals surface area contributed by atoms with Gasteiger partial charge in [0.2, 0.25) is 0 Å². The Labute approximate surface area is 128 Å². The van der Waals surface area contributed by atoms with E-state index in [1.54, 1.807) is 18.2 Å². The molecule has 0 heterocycles. The average Bonchev–Trinajstić information content (AvgIpc) is 2.48. The second kappa shape index (κ2) is 6.80. The number of hydrogen-bond donors (Lipinski definition) is 3. The van der Waals surface area contributed by atoms with E-state index in [0.29, 0.717) is 41.6 Å². The van der Waals surface area contributed by atoms with Crippen LogP contribution in [0, 0.1) is 11.8 Å². The number of benzene rings is 1. The lowest BCUT2D eigenvalue weighted by Crippen LogP contribution is -2.32. The van der Waals surface area contributed by atoms with Crippen LogP contribution in [0.5, 0.6) is 0 Å². The Morgan fingerprint density at radius 1 is 1.29 bits per heavy atom. The van der Waals surface area contributed by atoms with Gasteiger partial charge < -0.3 is 16.2 Å². The molecule has 0 aromatic heterocycles. The predicted octanol–water partition coefficient (Wildman–Crippen LogP) is 2.54. The van der Waals surface area contributed by atoms with Crippen LogP contribution in [0.4, 0.5) is 5.69 Å². The fourth-order valence-electron chi connectivity index (χ4n) is 2.64. The number of carbonyl (C=O) groups is 2. The lowest BCUT2D eigenvalue weighted by molar-refractivity contribution is -0.143. The van der Waals surface area contributed by atoms with Crippen LogP contribution in [0.1, 0.15) is 36.0 Å². The van der Waals surface area contributed by atoms with Crippen LogP contribution in [0.25, 0.3) is 0 Å². The molecular weight excluding hydrogens is 292 g/mol. The molecule has 0 spiro atoms. The van der Waals surface area contributed by atoms with E-state index in [1.807, 2.05) is 0 Å². The second-order valence-electron chi connectivity index (χ2n) is 5.50. The van der Waals surface area contributed by atoms with Gasteiger partial charge in [0.25, 0.3) is 5.91 Å². The highest BCUT2D eigenvalue weighted by Gasteiger charge is 2.26. The molecule has 0 aliphatic heterocycles. The zero-order chi connectivity index (χ0) is 15.4. The van der Waals surface area contributed by atoms with Gasteiger partial charge in [0, 0.05) is 12.1 Å². The van der Waals surface area contributed by atoms with Crippen molar-refractivity contribution in [2.24, 2.45) is 11.8 Å². The van der Waals surface area contributed by atoms with Gasteiger partial charge in [0.05, 0.1) is 16.6 Å². The Morgan fingerprint density at radius 3 is 2.52 bits per heavy atom. The molecule has 1 aliphatic carbocycles. The standard InChI is InChI=1S/C15H19ClN2O3/c16-12-6-5-11(7-13(12)17)14(19)18-8-9-1-3-10(4-2-9)15(20)21/h5-7,9-10H,1-4,8,17H2,(H,18,19)(H,20,21). The van der Waals surface area contributed by atoms with Crippen molar-refractivity contribution in [2.45, 2.75) is 25.7 Å². The molecule has 1 fully saturated rings. The third kappa shape index (κ3) is 4.11. The maximum Gasteiger partial charge on any atom is 0.306 e. The van der Waals surface area contributed by atoms with Crippen molar-refractivity contribution in [1.29, 1.82) is 0 Å². The number of carboxylic acid groups (broad SMARTS) is 1. The van der Waals surface area contributed by atoms with Gasteiger partial charge in [-0.3, -0.25) is 9.59 Å². The number of carboxylic acids is 1. The highest BCUT2D eigenvalue weighted by atomic mass is 35.5. The smallest absolute Gasteiger partial charge is 0.306 e. The number of rotatable bonds is 4. The van der Waals surface area contributed by atoms with Crippen LogP contribution in [0.2, 0.25) is 5.02 Å². The number of nitrogen functional groups attached to an aromatic ring is 1. The molecule has 1 aromatic carbocycles. The SMILES string of the molecule is Nc1cc(C(=O)NCC2CCC(C(=O)O)CC2)ccc1Cl. The fraction of sp³-hybridized carbons (Fsp3) is 0.467. The number of halogens is 1. The summed E-state index contributed by atoms with van der Waals surface area (Å²) < 4.78 is 0. The molecule has 5 nitrogen and oxygen atoms in total. The number of nitrogens with one attached hydrogen (secondary N) is 1. The van der Waals surface area contributed by atoms with E-state index in [0.717, 1.165) is 12.8 Å². The van der Waals surface area contributed by atoms with Crippen LogP contribution in [-0.2, 0) is 4.79 Å². The molecule has 1 amide bonds. The first kappa shape index (κ1) is 15.6. The van der Waals surface area contributed by atoms with E-state index in [9.17, 15) is 9.59 Å². The first-order chi connectivity index (χ1) is 9.97. The Hall–Kier alpha value is -1.75. The fourth-order valence-corrected chi connectivity index (χ4v) is 2.76. The third-order valence-corrected chi connectivity index (χ3v) is 4.35. The zero-order valence-electron chi connectivity index (χ0n) is 11.6. The minimum atomic E-state index is -0.714. The van der Waals surface area contributed by atoms with Crippen molar-refractivity contribution in [3.8, 4) is 0 Å². The third-order valence-electron chi connectivity index (χ3n) is 4.01. The van der Waals surface area contributed by atoms with Crippen LogP contribution >= 0.6 is 11.6 Å². The summed E-state index contributed by atoms with van der Waals surface area (Å²) in [6, 6.07) is 4.79. The molecular formula is C15H19ClN2O3. The Kier molecular flexibility index (Phi) is 5.07. The first-order valence-electron chi connectivity index (χ1n) is 7.03. The van der Waals surface area contributed by atoms with Crippen molar-refractivity contribution < 1.29 is 14.7 Å². The minimum absolute atomic E-state index is 0.182. The van der Waals surface area contributed by atoms with E-state index in [-0.39, 0.29) is 11.8 Å². The summed E-state index contributed by atoms with van der Waals surface area (Å²) >= 11 is 5.82. The molecule has 0 radical (unpaired) electrons. The highest BCUT2D eigenvalue weighted by molar-refractivity contribution is 6.33. The largest absolute Gasteiger partial charge is 0.481 e. The van der Waals surface area contributed by atoms with E-state index in [4.69, 9.17) is 22.4 Å². The summed E-state index contributed by atoms with van der Waals surface area (Å²) in [5.41, 5.74) is 6.54. The summed E-state index contributed by atoms with van der Waals surface area (Å²) in [7, 11) is 0. The van der Waals surface area contributed by atoms with Gasteiger partial charge in [-0.15, -0.1) is 0 Å².